The summed E-state index contributed by atoms with van der Waals surface area (Å²) in [5.74, 6) is -0.136. The molecule has 0 aliphatic rings. The third kappa shape index (κ3) is 6.13. The van der Waals surface area contributed by atoms with E-state index in [9.17, 15) is 4.79 Å². The highest BCUT2D eigenvalue weighted by Crippen LogP contribution is 1.83. The van der Waals surface area contributed by atoms with Gasteiger partial charge in [0, 0.05) is 0 Å². The van der Waals surface area contributed by atoms with Crippen molar-refractivity contribution in [3.8, 4) is 0 Å². The Morgan fingerprint density at radius 1 is 1.75 bits per heavy atom. The maximum Gasteiger partial charge on any atom is 0.315 e. The lowest BCUT2D eigenvalue weighted by Gasteiger charge is -1.93. The average molecular weight is 234 g/mol. The van der Waals surface area contributed by atoms with Gasteiger partial charge in [0.25, 0.3) is 0 Å². The number of ether oxygens (including phenoxy) is 1. The molecular weight excluding hydrogens is 226 g/mol. The van der Waals surface area contributed by atoms with Gasteiger partial charge in [0.15, 0.2) is 0 Å². The molecule has 0 fully saturated rings. The second kappa shape index (κ2) is 7.13. The number of rotatable bonds is 2. The predicted molar refractivity (Wildman–Crippen MR) is 38.0 cm³/mol. The summed E-state index contributed by atoms with van der Waals surface area (Å²) in [5.41, 5.74) is 0. The second-order valence-electron chi connectivity index (χ2n) is 0.939. The lowest BCUT2D eigenvalue weighted by Crippen LogP contribution is -2.03. The first-order valence-corrected chi connectivity index (χ1v) is 3.55. The highest BCUT2D eigenvalue weighted by atomic mass is 127. The van der Waals surface area contributed by atoms with Crippen LogP contribution in [0.5, 0.6) is 0 Å². The lowest BCUT2D eigenvalue weighted by molar-refractivity contribution is -0.139. The van der Waals surface area contributed by atoms with Crippen molar-refractivity contribution in [1.82, 2.24) is 0 Å². The van der Waals surface area contributed by atoms with Gasteiger partial charge in [-0.2, -0.15) is 0 Å². The minimum absolute atomic E-state index is 0. The van der Waals surface area contributed by atoms with Gasteiger partial charge in [-0.3, -0.25) is 9.50 Å². The van der Waals surface area contributed by atoms with Crippen LogP contribution in [0.1, 0.15) is 6.92 Å². The Morgan fingerprint density at radius 3 is 2.38 bits per heavy atom. The highest BCUT2D eigenvalue weighted by molar-refractivity contribution is 14.1. The first-order chi connectivity index (χ1) is 3.31. The Morgan fingerprint density at radius 2 is 2.25 bits per heavy atom. The molecular formula is C4H8FIO2. The molecule has 0 radical (unpaired) electrons. The Hall–Kier alpha value is 0.130. The van der Waals surface area contributed by atoms with E-state index >= 15 is 0 Å². The average Bonchev–Trinajstić information content (AvgIpc) is 1.68. The smallest absolute Gasteiger partial charge is 0.315 e. The van der Waals surface area contributed by atoms with Crippen LogP contribution in [-0.4, -0.2) is 17.0 Å². The zero-order valence-corrected chi connectivity index (χ0v) is 6.67. The third-order valence-corrected chi connectivity index (χ3v) is 1.04. The van der Waals surface area contributed by atoms with Gasteiger partial charge in [0.05, 0.1) is 11.0 Å². The van der Waals surface area contributed by atoms with Crippen LogP contribution in [0.4, 0.5) is 4.70 Å². The van der Waals surface area contributed by atoms with Crippen LogP contribution < -0.4 is 0 Å². The summed E-state index contributed by atoms with van der Waals surface area (Å²) < 4.78 is 4.99. The fourth-order valence-electron chi connectivity index (χ4n) is 0.200. The summed E-state index contributed by atoms with van der Waals surface area (Å²) in [6.45, 7) is 2.28. The van der Waals surface area contributed by atoms with E-state index in [2.05, 4.69) is 4.74 Å². The molecule has 0 N–H and O–H groups in total. The molecule has 0 aliphatic carbocycles. The quantitative estimate of drug-likeness (QED) is 0.406. The molecule has 4 heteroatoms. The van der Waals surface area contributed by atoms with Gasteiger partial charge in [-0.1, -0.05) is 22.6 Å². The van der Waals surface area contributed by atoms with Gasteiger partial charge in [0.2, 0.25) is 0 Å². The zero-order valence-electron chi connectivity index (χ0n) is 4.52. The zero-order chi connectivity index (χ0) is 5.70. The predicted octanol–water partition coefficient (Wildman–Crippen LogP) is 1.14. The number of hydrogen-bond donors (Lipinski definition) is 0. The Labute approximate surface area is 61.1 Å². The fraction of sp³-hybridized carbons (Fsp3) is 0.750. The number of esters is 1. The van der Waals surface area contributed by atoms with E-state index in [1.807, 2.05) is 22.6 Å². The summed E-state index contributed by atoms with van der Waals surface area (Å²) in [5, 5.41) is 0. The SMILES string of the molecule is CCOC(=O)CI.F. The van der Waals surface area contributed by atoms with Gasteiger partial charge < -0.3 is 4.74 Å². The Bertz CT molecular complexity index is 67.1. The molecule has 0 heterocycles. The Balaban J connectivity index is 0. The topological polar surface area (TPSA) is 26.3 Å². The van der Waals surface area contributed by atoms with Gasteiger partial charge in [-0.25, -0.2) is 0 Å². The van der Waals surface area contributed by atoms with E-state index in [0.717, 1.165) is 0 Å². The number of carbonyl (C=O) groups is 1. The summed E-state index contributed by atoms with van der Waals surface area (Å²) in [4.78, 5) is 10.2. The summed E-state index contributed by atoms with van der Waals surface area (Å²) >= 11 is 1.96. The van der Waals surface area contributed by atoms with E-state index in [1.165, 1.54) is 0 Å². The van der Waals surface area contributed by atoms with Gasteiger partial charge in [-0.05, 0) is 6.92 Å². The molecule has 8 heavy (non-hydrogen) atoms. The summed E-state index contributed by atoms with van der Waals surface area (Å²) in [6, 6.07) is 0. The number of alkyl halides is 1. The molecule has 0 unspecified atom stereocenters. The van der Waals surface area contributed by atoms with Crippen molar-refractivity contribution >= 4 is 28.6 Å². The van der Waals surface area contributed by atoms with Gasteiger partial charge in [0.1, 0.15) is 0 Å². The van der Waals surface area contributed by atoms with Crippen LogP contribution in [0.25, 0.3) is 0 Å². The Kier molecular flexibility index (Phi) is 9.80. The first kappa shape index (κ1) is 11.0. The van der Waals surface area contributed by atoms with Gasteiger partial charge >= 0.3 is 5.97 Å². The first-order valence-electron chi connectivity index (χ1n) is 2.02. The fourth-order valence-corrected chi connectivity index (χ4v) is 0.420. The molecule has 0 aromatic heterocycles. The van der Waals surface area contributed by atoms with Crippen LogP contribution in [0.3, 0.4) is 0 Å². The van der Waals surface area contributed by atoms with Gasteiger partial charge in [-0.15, -0.1) is 0 Å². The van der Waals surface area contributed by atoms with Crippen molar-refractivity contribution in [2.75, 3.05) is 11.0 Å². The van der Waals surface area contributed by atoms with Crippen molar-refractivity contribution in [2.45, 2.75) is 6.92 Å². The highest BCUT2D eigenvalue weighted by Gasteiger charge is 1.92. The third-order valence-electron chi connectivity index (χ3n) is 0.414. The van der Waals surface area contributed by atoms with Crippen LogP contribution in [-0.2, 0) is 9.53 Å². The van der Waals surface area contributed by atoms with Crippen LogP contribution >= 0.6 is 22.6 Å². The summed E-state index contributed by atoms with van der Waals surface area (Å²) in [6.07, 6.45) is 0. The molecule has 2 nitrogen and oxygen atoms in total. The maximum absolute atomic E-state index is 10.2. The van der Waals surface area contributed by atoms with E-state index in [-0.39, 0.29) is 10.7 Å². The molecule has 50 valence electrons. The van der Waals surface area contributed by atoms with E-state index < -0.39 is 0 Å². The van der Waals surface area contributed by atoms with E-state index in [0.29, 0.717) is 11.0 Å². The minimum Gasteiger partial charge on any atom is -0.465 e. The molecule has 0 saturated heterocycles. The van der Waals surface area contributed by atoms with Crippen molar-refractivity contribution in [3.63, 3.8) is 0 Å². The maximum atomic E-state index is 10.2. The monoisotopic (exact) mass is 234 g/mol. The standard InChI is InChI=1S/C4H7IO2.FH/c1-2-7-4(6)3-5;/h2-3H2,1H3;1H. The van der Waals surface area contributed by atoms with Crippen LogP contribution in [0.15, 0.2) is 0 Å². The normalized spacial score (nSPS) is 7.25. The van der Waals surface area contributed by atoms with E-state index in [4.69, 9.17) is 0 Å². The number of carbonyl (C=O) groups excluding carboxylic acids is 1. The molecule has 0 atom stereocenters. The molecule has 0 aromatic carbocycles. The molecule has 0 bridgehead atoms. The van der Waals surface area contributed by atoms with Crippen LogP contribution in [0, 0.1) is 0 Å². The molecule has 0 aliphatic heterocycles. The largest absolute Gasteiger partial charge is 0.465 e. The molecule has 0 amide bonds. The summed E-state index contributed by atoms with van der Waals surface area (Å²) in [7, 11) is 0. The molecule has 0 saturated carbocycles. The van der Waals surface area contributed by atoms with Crippen molar-refractivity contribution in [2.24, 2.45) is 0 Å². The van der Waals surface area contributed by atoms with Crippen LogP contribution in [0.2, 0.25) is 0 Å². The molecule has 0 spiro atoms. The van der Waals surface area contributed by atoms with Crippen molar-refractivity contribution < 1.29 is 14.2 Å². The molecule has 0 rings (SSSR count). The van der Waals surface area contributed by atoms with Crippen molar-refractivity contribution in [1.29, 1.82) is 0 Å². The minimum atomic E-state index is -0.136. The number of hydrogen-bond acceptors (Lipinski definition) is 2. The van der Waals surface area contributed by atoms with E-state index in [1.54, 1.807) is 6.92 Å². The number of halogens is 2. The lowest BCUT2D eigenvalue weighted by atomic mass is 10.8. The molecule has 0 aromatic rings. The van der Waals surface area contributed by atoms with Crippen molar-refractivity contribution in [3.05, 3.63) is 0 Å². The second-order valence-corrected chi connectivity index (χ2v) is 1.70.